The number of rotatable bonds is 5. The summed E-state index contributed by atoms with van der Waals surface area (Å²) in [5.74, 6) is 0.323. The summed E-state index contributed by atoms with van der Waals surface area (Å²) in [6.07, 6.45) is 3.73. The molecule has 6 nitrogen and oxygen atoms in total. The van der Waals surface area contributed by atoms with Crippen LogP contribution in [0.25, 0.3) is 0 Å². The Morgan fingerprint density at radius 3 is 2.63 bits per heavy atom. The number of carbonyl (C=O) groups is 1. The molecule has 1 heterocycles. The number of sulfonamides is 1. The van der Waals surface area contributed by atoms with Gasteiger partial charge in [0.05, 0.1) is 0 Å². The van der Waals surface area contributed by atoms with E-state index >= 15 is 0 Å². The Labute approximate surface area is 113 Å². The van der Waals surface area contributed by atoms with Gasteiger partial charge in [0.2, 0.25) is 10.0 Å². The number of aryl methyl sites for hydroxylation is 1. The van der Waals surface area contributed by atoms with Gasteiger partial charge in [-0.3, -0.25) is 4.79 Å². The lowest BCUT2D eigenvalue weighted by atomic mass is 10.2. The summed E-state index contributed by atoms with van der Waals surface area (Å²) in [7, 11) is -0.514. The van der Waals surface area contributed by atoms with Gasteiger partial charge in [-0.25, -0.2) is 13.1 Å². The number of amides is 1. The van der Waals surface area contributed by atoms with Gasteiger partial charge in [0.1, 0.15) is 10.6 Å². The fourth-order valence-electron chi connectivity index (χ4n) is 2.02. The molecular weight excluding hydrogens is 266 g/mol. The van der Waals surface area contributed by atoms with Gasteiger partial charge in [0, 0.05) is 19.3 Å². The van der Waals surface area contributed by atoms with Crippen LogP contribution in [0.2, 0.25) is 0 Å². The molecule has 1 amide bonds. The zero-order valence-electron chi connectivity index (χ0n) is 11.3. The molecule has 1 aliphatic rings. The van der Waals surface area contributed by atoms with Crippen molar-refractivity contribution in [1.82, 2.24) is 14.6 Å². The highest BCUT2D eigenvalue weighted by Crippen LogP contribution is 2.32. The van der Waals surface area contributed by atoms with Gasteiger partial charge in [-0.1, -0.05) is 0 Å². The molecule has 2 rings (SSSR count). The van der Waals surface area contributed by atoms with Gasteiger partial charge in [-0.15, -0.1) is 0 Å². The third kappa shape index (κ3) is 2.98. The molecule has 1 atom stereocenters. The first-order valence-corrected chi connectivity index (χ1v) is 7.74. The largest absolute Gasteiger partial charge is 0.348 e. The summed E-state index contributed by atoms with van der Waals surface area (Å²) in [4.78, 5) is 12.2. The summed E-state index contributed by atoms with van der Waals surface area (Å²) < 4.78 is 27.1. The van der Waals surface area contributed by atoms with Crippen LogP contribution in [0.15, 0.2) is 17.2 Å². The predicted molar refractivity (Wildman–Crippen MR) is 71.3 cm³/mol. The van der Waals surface area contributed by atoms with Crippen molar-refractivity contribution in [3.63, 3.8) is 0 Å². The van der Waals surface area contributed by atoms with Crippen LogP contribution in [0.3, 0.4) is 0 Å². The molecule has 19 heavy (non-hydrogen) atoms. The van der Waals surface area contributed by atoms with Crippen LogP contribution in [0, 0.1) is 5.92 Å². The van der Waals surface area contributed by atoms with Crippen molar-refractivity contribution in [2.45, 2.75) is 30.7 Å². The minimum absolute atomic E-state index is 0.0988. The topological polar surface area (TPSA) is 80.2 Å². The van der Waals surface area contributed by atoms with Crippen molar-refractivity contribution in [3.8, 4) is 0 Å². The number of aromatic nitrogens is 1. The SMILES string of the molecule is CNS(=O)(=O)c1cc(C(=O)N[C@H](C)C2CC2)n(C)c1. The first kappa shape index (κ1) is 14.1. The number of hydrogen-bond acceptors (Lipinski definition) is 3. The quantitative estimate of drug-likeness (QED) is 0.825. The molecule has 0 unspecified atom stereocenters. The summed E-state index contributed by atoms with van der Waals surface area (Å²) in [5, 5.41) is 2.91. The molecule has 0 saturated heterocycles. The van der Waals surface area contributed by atoms with E-state index in [0.717, 1.165) is 12.8 Å². The summed E-state index contributed by atoms with van der Waals surface area (Å²) >= 11 is 0. The maximum atomic E-state index is 12.1. The van der Waals surface area contributed by atoms with E-state index in [-0.39, 0.29) is 16.8 Å². The molecule has 1 fully saturated rings. The molecular formula is C12H19N3O3S. The van der Waals surface area contributed by atoms with E-state index in [0.29, 0.717) is 11.6 Å². The van der Waals surface area contributed by atoms with Crippen molar-refractivity contribution in [1.29, 1.82) is 0 Å². The minimum Gasteiger partial charge on any atom is -0.348 e. The van der Waals surface area contributed by atoms with Crippen molar-refractivity contribution in [2.24, 2.45) is 13.0 Å². The van der Waals surface area contributed by atoms with E-state index in [1.165, 1.54) is 23.9 Å². The molecule has 0 bridgehead atoms. The van der Waals surface area contributed by atoms with Gasteiger partial charge in [-0.05, 0) is 38.8 Å². The molecule has 7 heteroatoms. The fraction of sp³-hybridized carbons (Fsp3) is 0.583. The van der Waals surface area contributed by atoms with Crippen LogP contribution in [-0.2, 0) is 17.1 Å². The molecule has 1 aliphatic carbocycles. The highest BCUT2D eigenvalue weighted by atomic mass is 32.2. The lowest BCUT2D eigenvalue weighted by Gasteiger charge is -2.12. The molecule has 1 aromatic rings. The second-order valence-electron chi connectivity index (χ2n) is 4.98. The zero-order chi connectivity index (χ0) is 14.2. The van der Waals surface area contributed by atoms with Crippen molar-refractivity contribution in [3.05, 3.63) is 18.0 Å². The van der Waals surface area contributed by atoms with Gasteiger partial charge < -0.3 is 9.88 Å². The number of hydrogen-bond donors (Lipinski definition) is 2. The summed E-state index contributed by atoms with van der Waals surface area (Å²) in [6, 6.07) is 1.52. The average Bonchev–Trinajstić information content (AvgIpc) is 3.12. The second-order valence-corrected chi connectivity index (χ2v) is 6.87. The highest BCUT2D eigenvalue weighted by Gasteiger charge is 2.30. The number of carbonyl (C=O) groups excluding carboxylic acids is 1. The molecule has 1 saturated carbocycles. The van der Waals surface area contributed by atoms with Crippen molar-refractivity contribution in [2.75, 3.05) is 7.05 Å². The fourth-order valence-corrected chi connectivity index (χ4v) is 2.82. The molecule has 0 aromatic carbocycles. The van der Waals surface area contributed by atoms with Gasteiger partial charge in [0.15, 0.2) is 0 Å². The van der Waals surface area contributed by atoms with Gasteiger partial charge >= 0.3 is 0 Å². The lowest BCUT2D eigenvalue weighted by molar-refractivity contribution is 0.0927. The summed E-state index contributed by atoms with van der Waals surface area (Å²) in [5.41, 5.74) is 0.348. The van der Waals surface area contributed by atoms with Gasteiger partial charge in [-0.2, -0.15) is 0 Å². The Bertz CT molecular complexity index is 587. The van der Waals surface area contributed by atoms with E-state index < -0.39 is 10.0 Å². The van der Waals surface area contributed by atoms with Crippen LogP contribution < -0.4 is 10.0 Å². The second kappa shape index (κ2) is 4.97. The highest BCUT2D eigenvalue weighted by molar-refractivity contribution is 7.89. The Morgan fingerprint density at radius 1 is 1.47 bits per heavy atom. The van der Waals surface area contributed by atoms with E-state index in [2.05, 4.69) is 10.0 Å². The first-order chi connectivity index (χ1) is 8.85. The average molecular weight is 285 g/mol. The Morgan fingerprint density at radius 2 is 2.11 bits per heavy atom. The van der Waals surface area contributed by atoms with Gasteiger partial charge in [0.25, 0.3) is 5.91 Å². The normalized spacial score (nSPS) is 17.2. The third-order valence-electron chi connectivity index (χ3n) is 3.48. The van der Waals surface area contributed by atoms with E-state index in [4.69, 9.17) is 0 Å². The molecule has 2 N–H and O–H groups in total. The van der Waals surface area contributed by atoms with E-state index in [1.807, 2.05) is 6.92 Å². The minimum atomic E-state index is -3.52. The van der Waals surface area contributed by atoms with Crippen LogP contribution in [0.4, 0.5) is 0 Å². The van der Waals surface area contributed by atoms with Crippen LogP contribution >= 0.6 is 0 Å². The van der Waals surface area contributed by atoms with Crippen LogP contribution in [0.1, 0.15) is 30.3 Å². The maximum Gasteiger partial charge on any atom is 0.268 e. The van der Waals surface area contributed by atoms with E-state index in [9.17, 15) is 13.2 Å². The number of nitrogens with one attached hydrogen (secondary N) is 2. The Kier molecular flexibility index (Phi) is 3.69. The monoisotopic (exact) mass is 285 g/mol. The maximum absolute atomic E-state index is 12.1. The molecule has 0 aliphatic heterocycles. The Balaban J connectivity index is 2.18. The lowest BCUT2D eigenvalue weighted by Crippen LogP contribution is -2.34. The Hall–Kier alpha value is -1.34. The predicted octanol–water partition coefficient (Wildman–Crippen LogP) is 0.461. The summed E-state index contributed by atoms with van der Waals surface area (Å²) in [6.45, 7) is 1.98. The van der Waals surface area contributed by atoms with Crippen LogP contribution in [0.5, 0.6) is 0 Å². The molecule has 0 spiro atoms. The molecule has 0 radical (unpaired) electrons. The molecule has 1 aromatic heterocycles. The van der Waals surface area contributed by atoms with Crippen molar-refractivity contribution < 1.29 is 13.2 Å². The van der Waals surface area contributed by atoms with Crippen molar-refractivity contribution >= 4 is 15.9 Å². The third-order valence-corrected chi connectivity index (χ3v) is 4.86. The standard InChI is InChI=1S/C12H19N3O3S/c1-8(9-4-5-9)14-12(16)11-6-10(7-15(11)3)19(17,18)13-2/h6-9,13H,4-5H2,1-3H3,(H,14,16)/t8-/m1/s1. The smallest absolute Gasteiger partial charge is 0.268 e. The number of nitrogens with zero attached hydrogens (tertiary/aromatic N) is 1. The zero-order valence-corrected chi connectivity index (χ0v) is 12.1. The molecule has 106 valence electrons. The first-order valence-electron chi connectivity index (χ1n) is 6.26. The van der Waals surface area contributed by atoms with Crippen LogP contribution in [-0.4, -0.2) is 32.0 Å². The van der Waals surface area contributed by atoms with E-state index in [1.54, 1.807) is 7.05 Å².